The molecule has 0 spiro atoms. The normalized spacial score (nSPS) is 15.5. The molecule has 34 heavy (non-hydrogen) atoms. The molecular weight excluding hydrogens is 424 g/mol. The first kappa shape index (κ1) is 23.9. The molecule has 0 fully saturated rings. The fourth-order valence-electron chi connectivity index (χ4n) is 4.30. The van der Waals surface area contributed by atoms with E-state index in [0.29, 0.717) is 13.2 Å². The molecule has 0 atom stereocenters. The molecular formula is C28H34N4O2. The van der Waals surface area contributed by atoms with Gasteiger partial charge in [-0.15, -0.1) is 0 Å². The topological polar surface area (TPSA) is 69.0 Å². The molecule has 2 heterocycles. The third kappa shape index (κ3) is 5.44. The highest BCUT2D eigenvalue weighted by atomic mass is 16.6. The van der Waals surface area contributed by atoms with Gasteiger partial charge in [-0.2, -0.15) is 0 Å². The number of fused-ring (bicyclic) bond motifs is 2. The molecule has 1 aliphatic carbocycles. The van der Waals surface area contributed by atoms with Crippen LogP contribution in [0.1, 0.15) is 67.4 Å². The fourth-order valence-corrected chi connectivity index (χ4v) is 4.30. The molecule has 1 aromatic carbocycles. The van der Waals surface area contributed by atoms with Crippen molar-refractivity contribution in [3.05, 3.63) is 70.2 Å². The summed E-state index contributed by atoms with van der Waals surface area (Å²) in [6.45, 7) is 13.1. The van der Waals surface area contributed by atoms with Crippen molar-refractivity contribution in [1.82, 2.24) is 9.97 Å². The molecule has 178 valence electrons. The van der Waals surface area contributed by atoms with E-state index >= 15 is 0 Å². The molecule has 0 aliphatic heterocycles. The number of aryl methyl sites for hydroxylation is 3. The zero-order valence-electron chi connectivity index (χ0n) is 21.1. The maximum Gasteiger partial charge on any atom is 0.125 e. The van der Waals surface area contributed by atoms with Crippen LogP contribution in [0.3, 0.4) is 0 Å². The van der Waals surface area contributed by atoms with Crippen LogP contribution in [0.15, 0.2) is 46.7 Å². The van der Waals surface area contributed by atoms with Crippen molar-refractivity contribution in [3.8, 4) is 0 Å². The lowest BCUT2D eigenvalue weighted by atomic mass is 9.89. The minimum atomic E-state index is -0.256. The van der Waals surface area contributed by atoms with Crippen molar-refractivity contribution < 1.29 is 9.68 Å². The number of hydrogen-bond donors (Lipinski definition) is 0. The van der Waals surface area contributed by atoms with Crippen LogP contribution in [0.25, 0.3) is 10.9 Å². The summed E-state index contributed by atoms with van der Waals surface area (Å²) in [6.07, 6.45) is 2.97. The third-order valence-electron chi connectivity index (χ3n) is 6.15. The number of oxime groups is 2. The Labute approximate surface area is 202 Å². The molecule has 0 saturated carbocycles. The average molecular weight is 459 g/mol. The molecule has 0 radical (unpaired) electrons. The van der Waals surface area contributed by atoms with Gasteiger partial charge in [0.15, 0.2) is 0 Å². The fraction of sp³-hybridized carbons (Fsp3) is 0.429. The summed E-state index contributed by atoms with van der Waals surface area (Å²) >= 11 is 0. The van der Waals surface area contributed by atoms with Crippen molar-refractivity contribution in [1.29, 1.82) is 0 Å². The van der Waals surface area contributed by atoms with Crippen LogP contribution in [0.4, 0.5) is 0 Å². The Hall–Kier alpha value is -3.28. The van der Waals surface area contributed by atoms with Gasteiger partial charge in [-0.05, 0) is 81.8 Å². The lowest BCUT2D eigenvalue weighted by Gasteiger charge is -2.23. The molecule has 0 unspecified atom stereocenters. The number of benzene rings is 1. The zero-order valence-corrected chi connectivity index (χ0v) is 21.1. The first-order chi connectivity index (χ1) is 16.2. The summed E-state index contributed by atoms with van der Waals surface area (Å²) in [5, 5.41) is 10.0. The van der Waals surface area contributed by atoms with Gasteiger partial charge < -0.3 is 9.68 Å². The Kier molecular flexibility index (Phi) is 6.96. The predicted octanol–water partition coefficient (Wildman–Crippen LogP) is 6.08. The highest BCUT2D eigenvalue weighted by Crippen LogP contribution is 2.29. The van der Waals surface area contributed by atoms with E-state index < -0.39 is 0 Å². The van der Waals surface area contributed by atoms with Gasteiger partial charge in [-0.1, -0.05) is 42.4 Å². The van der Waals surface area contributed by atoms with Gasteiger partial charge in [-0.3, -0.25) is 4.98 Å². The molecule has 0 amide bonds. The maximum atomic E-state index is 5.83. The van der Waals surface area contributed by atoms with Crippen LogP contribution >= 0.6 is 0 Å². The quantitative estimate of drug-likeness (QED) is 0.318. The molecule has 3 aromatic rings. The molecule has 4 rings (SSSR count). The van der Waals surface area contributed by atoms with Gasteiger partial charge in [0.1, 0.15) is 24.6 Å². The van der Waals surface area contributed by atoms with Gasteiger partial charge >= 0.3 is 0 Å². The standard InChI is InChI=1S/C28H34N4O2/c1-18-14-19(2)29-26(15-18)21(4)31-33-16-28(5,6)17-34-32-25-13-9-11-23-20(3)22-10-7-8-12-24(22)30-27(23)25/h7-8,10,12,14-15H,9,11,13,16-17H2,1-6H3/b31-21+,32-25+. The van der Waals surface area contributed by atoms with Crippen molar-refractivity contribution >= 4 is 22.3 Å². The van der Waals surface area contributed by atoms with E-state index in [1.165, 1.54) is 16.5 Å². The van der Waals surface area contributed by atoms with E-state index in [9.17, 15) is 0 Å². The first-order valence-corrected chi connectivity index (χ1v) is 11.9. The Morgan fingerprint density at radius 1 is 1.00 bits per heavy atom. The number of para-hydroxylation sites is 1. The van der Waals surface area contributed by atoms with E-state index in [1.807, 2.05) is 32.0 Å². The van der Waals surface area contributed by atoms with E-state index in [-0.39, 0.29) is 5.41 Å². The summed E-state index contributed by atoms with van der Waals surface area (Å²) < 4.78 is 0. The molecule has 0 N–H and O–H groups in total. The Balaban J connectivity index is 1.40. The minimum absolute atomic E-state index is 0.256. The first-order valence-electron chi connectivity index (χ1n) is 11.9. The number of nitrogens with zero attached hydrogens (tertiary/aromatic N) is 4. The van der Waals surface area contributed by atoms with Crippen molar-refractivity contribution in [3.63, 3.8) is 0 Å². The largest absolute Gasteiger partial charge is 0.395 e. The maximum absolute atomic E-state index is 5.83. The molecule has 6 nitrogen and oxygen atoms in total. The summed E-state index contributed by atoms with van der Waals surface area (Å²) in [5.74, 6) is 0. The highest BCUT2D eigenvalue weighted by Gasteiger charge is 2.23. The van der Waals surface area contributed by atoms with E-state index in [1.54, 1.807) is 0 Å². The third-order valence-corrected chi connectivity index (χ3v) is 6.15. The SMILES string of the molecule is C/C(=N\OCC(C)(C)CO/N=C1\CCCc2c1nc1ccccc1c2C)c1cc(C)cc(C)n1. The van der Waals surface area contributed by atoms with Gasteiger partial charge in [0, 0.05) is 16.5 Å². The number of pyridine rings is 2. The Bertz CT molecular complexity index is 1240. The van der Waals surface area contributed by atoms with Gasteiger partial charge in [0.2, 0.25) is 0 Å². The number of hydrogen-bond acceptors (Lipinski definition) is 6. The number of aromatic nitrogens is 2. The average Bonchev–Trinajstić information content (AvgIpc) is 2.79. The van der Waals surface area contributed by atoms with Crippen molar-refractivity contribution in [2.24, 2.45) is 15.7 Å². The number of rotatable bonds is 7. The van der Waals surface area contributed by atoms with Gasteiger partial charge in [0.05, 0.1) is 16.9 Å². The zero-order chi connectivity index (χ0) is 24.3. The Morgan fingerprint density at radius 3 is 2.56 bits per heavy atom. The lowest BCUT2D eigenvalue weighted by Crippen LogP contribution is -2.25. The van der Waals surface area contributed by atoms with E-state index in [0.717, 1.165) is 58.8 Å². The van der Waals surface area contributed by atoms with Crippen LogP contribution in [0.5, 0.6) is 0 Å². The predicted molar refractivity (Wildman–Crippen MR) is 138 cm³/mol. The lowest BCUT2D eigenvalue weighted by molar-refractivity contribution is -0.000157. The monoisotopic (exact) mass is 458 g/mol. The summed E-state index contributed by atoms with van der Waals surface area (Å²) in [6, 6.07) is 12.4. The molecule has 6 heteroatoms. The second kappa shape index (κ2) is 9.92. The van der Waals surface area contributed by atoms with Gasteiger partial charge in [-0.25, -0.2) is 4.98 Å². The molecule has 0 saturated heterocycles. The summed E-state index contributed by atoms with van der Waals surface area (Å²) in [4.78, 5) is 21.0. The second-order valence-electron chi connectivity index (χ2n) is 10.0. The van der Waals surface area contributed by atoms with Crippen molar-refractivity contribution in [2.75, 3.05) is 13.2 Å². The molecule has 0 bridgehead atoms. The van der Waals surface area contributed by atoms with Crippen LogP contribution in [0, 0.1) is 26.2 Å². The van der Waals surface area contributed by atoms with E-state index in [2.05, 4.69) is 61.2 Å². The summed E-state index contributed by atoms with van der Waals surface area (Å²) in [7, 11) is 0. The van der Waals surface area contributed by atoms with Gasteiger partial charge in [0.25, 0.3) is 0 Å². The van der Waals surface area contributed by atoms with Crippen LogP contribution in [0.2, 0.25) is 0 Å². The summed E-state index contributed by atoms with van der Waals surface area (Å²) in [5.41, 5.74) is 8.99. The Morgan fingerprint density at radius 2 is 1.76 bits per heavy atom. The van der Waals surface area contributed by atoms with Crippen LogP contribution in [-0.4, -0.2) is 34.6 Å². The molecule has 2 aromatic heterocycles. The highest BCUT2D eigenvalue weighted by molar-refractivity contribution is 6.03. The van der Waals surface area contributed by atoms with Crippen molar-refractivity contribution in [2.45, 2.75) is 60.8 Å². The minimum Gasteiger partial charge on any atom is -0.395 e. The second-order valence-corrected chi connectivity index (χ2v) is 10.0. The van der Waals surface area contributed by atoms with Crippen LogP contribution in [-0.2, 0) is 16.1 Å². The molecule has 1 aliphatic rings. The van der Waals surface area contributed by atoms with E-state index in [4.69, 9.17) is 14.7 Å². The van der Waals surface area contributed by atoms with Crippen LogP contribution < -0.4 is 0 Å². The smallest absolute Gasteiger partial charge is 0.125 e.